The molecule has 0 saturated carbocycles. The molecule has 24 heavy (non-hydrogen) atoms. The zero-order valence-electron chi connectivity index (χ0n) is 15.5. The Morgan fingerprint density at radius 3 is 2.67 bits per heavy atom. The van der Waals surface area contributed by atoms with Crippen molar-refractivity contribution in [1.82, 2.24) is 9.88 Å². The van der Waals surface area contributed by atoms with E-state index in [2.05, 4.69) is 4.98 Å². The molecule has 2 unspecified atom stereocenters. The van der Waals surface area contributed by atoms with Crippen molar-refractivity contribution >= 4 is 6.09 Å². The molecule has 1 amide bonds. The Morgan fingerprint density at radius 2 is 2.04 bits per heavy atom. The summed E-state index contributed by atoms with van der Waals surface area (Å²) in [5.41, 5.74) is 0.460. The molecule has 0 aromatic carbocycles. The maximum Gasteiger partial charge on any atom is 0.410 e. The molecule has 1 saturated heterocycles. The molecule has 2 atom stereocenters. The van der Waals surface area contributed by atoms with Crippen LogP contribution in [0.5, 0.6) is 11.6 Å². The zero-order chi connectivity index (χ0) is 17.9. The summed E-state index contributed by atoms with van der Waals surface area (Å²) in [7, 11) is 1.60. The lowest BCUT2D eigenvalue weighted by Crippen LogP contribution is -2.50. The molecule has 6 nitrogen and oxygen atoms in total. The number of methoxy groups -OCH3 is 1. The Labute approximate surface area is 144 Å². The number of hydrogen-bond donors (Lipinski definition) is 0. The maximum absolute atomic E-state index is 12.4. The molecule has 0 N–H and O–H groups in total. The normalized spacial score (nSPS) is 21.3. The Hall–Kier alpha value is -1.98. The number of nitrogens with zero attached hydrogens (tertiary/aromatic N) is 2. The maximum atomic E-state index is 12.4. The standard InChI is InChI=1S/C18H28N2O4/c1-12-9-10-19-16(15(12)22-6)23-14-8-7-13(2)20(11-14)17(21)24-18(3,4)5/h9-10,13-14H,7-8,11H2,1-6H3. The first-order valence-corrected chi connectivity index (χ1v) is 8.37. The van der Waals surface area contributed by atoms with E-state index in [4.69, 9.17) is 14.2 Å². The fraction of sp³-hybridized carbons (Fsp3) is 0.667. The van der Waals surface area contributed by atoms with E-state index < -0.39 is 5.60 Å². The fourth-order valence-electron chi connectivity index (χ4n) is 2.75. The average molecular weight is 336 g/mol. The molecule has 0 aliphatic carbocycles. The lowest BCUT2D eigenvalue weighted by Gasteiger charge is -2.38. The second-order valence-corrected chi connectivity index (χ2v) is 7.27. The number of likely N-dealkylation sites (tertiary alicyclic amines) is 1. The third-order valence-electron chi connectivity index (χ3n) is 4.02. The highest BCUT2D eigenvalue weighted by atomic mass is 16.6. The third kappa shape index (κ3) is 4.52. The molecule has 1 aromatic heterocycles. The monoisotopic (exact) mass is 336 g/mol. The average Bonchev–Trinajstić information content (AvgIpc) is 2.47. The number of carbonyl (C=O) groups excluding carboxylic acids is 1. The molecule has 1 aliphatic heterocycles. The molecule has 2 heterocycles. The lowest BCUT2D eigenvalue weighted by atomic mass is 10.0. The smallest absolute Gasteiger partial charge is 0.410 e. The summed E-state index contributed by atoms with van der Waals surface area (Å²) in [6, 6.07) is 2.01. The minimum atomic E-state index is -0.508. The van der Waals surface area contributed by atoms with Gasteiger partial charge in [0.2, 0.25) is 0 Å². The number of pyridine rings is 1. The van der Waals surface area contributed by atoms with Gasteiger partial charge in [-0.1, -0.05) is 0 Å². The van der Waals surface area contributed by atoms with E-state index in [9.17, 15) is 4.79 Å². The van der Waals surface area contributed by atoms with Gasteiger partial charge in [0, 0.05) is 12.2 Å². The van der Waals surface area contributed by atoms with Crippen LogP contribution in [0.25, 0.3) is 0 Å². The molecule has 0 spiro atoms. The number of piperidine rings is 1. The van der Waals surface area contributed by atoms with Gasteiger partial charge in [-0.25, -0.2) is 9.78 Å². The van der Waals surface area contributed by atoms with Crippen molar-refractivity contribution in [2.24, 2.45) is 0 Å². The molecule has 2 rings (SSSR count). The van der Waals surface area contributed by atoms with Crippen LogP contribution in [-0.2, 0) is 4.74 Å². The summed E-state index contributed by atoms with van der Waals surface area (Å²) in [5, 5.41) is 0. The van der Waals surface area contributed by atoms with Crippen LogP contribution in [0.4, 0.5) is 4.79 Å². The fourth-order valence-corrected chi connectivity index (χ4v) is 2.75. The highest BCUT2D eigenvalue weighted by Crippen LogP contribution is 2.31. The first kappa shape index (κ1) is 18.4. The highest BCUT2D eigenvalue weighted by Gasteiger charge is 2.33. The number of hydrogen-bond acceptors (Lipinski definition) is 5. The molecule has 134 valence electrons. The van der Waals surface area contributed by atoms with Gasteiger partial charge in [0.25, 0.3) is 5.88 Å². The van der Waals surface area contributed by atoms with Crippen molar-refractivity contribution in [1.29, 1.82) is 0 Å². The third-order valence-corrected chi connectivity index (χ3v) is 4.02. The van der Waals surface area contributed by atoms with Crippen molar-refractivity contribution in [2.45, 2.75) is 65.2 Å². The summed E-state index contributed by atoms with van der Waals surface area (Å²) in [4.78, 5) is 18.4. The minimum absolute atomic E-state index is 0.128. The van der Waals surface area contributed by atoms with Gasteiger partial charge in [-0.15, -0.1) is 0 Å². The van der Waals surface area contributed by atoms with Crippen molar-refractivity contribution in [3.8, 4) is 11.6 Å². The van der Waals surface area contributed by atoms with Crippen molar-refractivity contribution < 1.29 is 19.0 Å². The minimum Gasteiger partial charge on any atom is -0.491 e. The Kier molecular flexibility index (Phi) is 5.57. The quantitative estimate of drug-likeness (QED) is 0.844. The van der Waals surface area contributed by atoms with Crippen molar-refractivity contribution in [3.05, 3.63) is 17.8 Å². The molecule has 1 aromatic rings. The van der Waals surface area contributed by atoms with Crippen LogP contribution in [0, 0.1) is 6.92 Å². The van der Waals surface area contributed by atoms with E-state index in [0.717, 1.165) is 18.4 Å². The molecule has 1 fully saturated rings. The van der Waals surface area contributed by atoms with E-state index in [0.29, 0.717) is 18.2 Å². The van der Waals surface area contributed by atoms with Crippen LogP contribution in [0.3, 0.4) is 0 Å². The van der Waals surface area contributed by atoms with E-state index in [1.54, 1.807) is 18.2 Å². The van der Waals surface area contributed by atoms with E-state index >= 15 is 0 Å². The van der Waals surface area contributed by atoms with Gasteiger partial charge in [-0.3, -0.25) is 0 Å². The summed E-state index contributed by atoms with van der Waals surface area (Å²) in [6.45, 7) is 10.1. The molecular formula is C18H28N2O4. The molecule has 0 radical (unpaired) electrons. The number of rotatable bonds is 3. The van der Waals surface area contributed by atoms with Gasteiger partial charge in [0.1, 0.15) is 11.7 Å². The van der Waals surface area contributed by atoms with Crippen molar-refractivity contribution in [3.63, 3.8) is 0 Å². The van der Waals surface area contributed by atoms with Gasteiger partial charge < -0.3 is 19.1 Å². The zero-order valence-corrected chi connectivity index (χ0v) is 15.5. The summed E-state index contributed by atoms with van der Waals surface area (Å²) < 4.78 is 16.9. The summed E-state index contributed by atoms with van der Waals surface area (Å²) >= 11 is 0. The second kappa shape index (κ2) is 7.28. The predicted molar refractivity (Wildman–Crippen MR) is 91.6 cm³/mol. The number of ether oxygens (including phenoxy) is 3. The molecular weight excluding hydrogens is 308 g/mol. The predicted octanol–water partition coefficient (Wildman–Crippen LogP) is 3.57. The van der Waals surface area contributed by atoms with Gasteiger partial charge in [0.05, 0.1) is 13.7 Å². The first-order valence-electron chi connectivity index (χ1n) is 8.37. The summed E-state index contributed by atoms with van der Waals surface area (Å²) in [6.07, 6.45) is 2.99. The van der Waals surface area contributed by atoms with Gasteiger partial charge in [-0.2, -0.15) is 0 Å². The van der Waals surface area contributed by atoms with Crippen LogP contribution < -0.4 is 9.47 Å². The van der Waals surface area contributed by atoms with Crippen LogP contribution in [0.1, 0.15) is 46.1 Å². The lowest BCUT2D eigenvalue weighted by molar-refractivity contribution is -0.00630. The van der Waals surface area contributed by atoms with Gasteiger partial charge >= 0.3 is 6.09 Å². The number of aryl methyl sites for hydroxylation is 1. The van der Waals surface area contributed by atoms with E-state index in [-0.39, 0.29) is 18.2 Å². The van der Waals surface area contributed by atoms with Crippen LogP contribution >= 0.6 is 0 Å². The highest BCUT2D eigenvalue weighted by molar-refractivity contribution is 5.68. The molecule has 0 bridgehead atoms. The Balaban J connectivity index is 2.08. The van der Waals surface area contributed by atoms with E-state index in [1.165, 1.54) is 0 Å². The van der Waals surface area contributed by atoms with Crippen molar-refractivity contribution in [2.75, 3.05) is 13.7 Å². The topological polar surface area (TPSA) is 60.9 Å². The van der Waals surface area contributed by atoms with Crippen LogP contribution in [0.15, 0.2) is 12.3 Å². The second-order valence-electron chi connectivity index (χ2n) is 7.27. The van der Waals surface area contributed by atoms with Crippen LogP contribution in [-0.4, -0.2) is 47.4 Å². The van der Waals surface area contributed by atoms with Crippen LogP contribution in [0.2, 0.25) is 0 Å². The molecule has 1 aliphatic rings. The number of aromatic nitrogens is 1. The summed E-state index contributed by atoms with van der Waals surface area (Å²) in [5.74, 6) is 1.11. The number of carbonyl (C=O) groups is 1. The Morgan fingerprint density at radius 1 is 1.33 bits per heavy atom. The number of amides is 1. The largest absolute Gasteiger partial charge is 0.491 e. The van der Waals surface area contributed by atoms with E-state index in [1.807, 2.05) is 40.7 Å². The van der Waals surface area contributed by atoms with Gasteiger partial charge in [-0.05, 0) is 59.1 Å². The first-order chi connectivity index (χ1) is 11.2. The SMILES string of the molecule is COc1c(C)ccnc1OC1CCC(C)N(C(=O)OC(C)(C)C)C1. The van der Waals surface area contributed by atoms with Gasteiger partial charge in [0.15, 0.2) is 5.75 Å². The Bertz CT molecular complexity index is 583. The molecule has 6 heteroatoms.